The first-order chi connectivity index (χ1) is 23.8. The summed E-state index contributed by atoms with van der Waals surface area (Å²) in [7, 11) is 0. The van der Waals surface area contributed by atoms with Crippen molar-refractivity contribution in [3.8, 4) is 11.1 Å². The molecule has 0 saturated carbocycles. The fourth-order valence-electron chi connectivity index (χ4n) is 7.55. The number of anilines is 3. The van der Waals surface area contributed by atoms with Gasteiger partial charge in [-0.1, -0.05) is 133 Å². The van der Waals surface area contributed by atoms with E-state index >= 15 is 0 Å². The molecule has 0 saturated heterocycles. The van der Waals surface area contributed by atoms with E-state index in [1.165, 1.54) is 54.2 Å². The summed E-state index contributed by atoms with van der Waals surface area (Å²) in [6, 6.07) is 63.4. The molecule has 10 aromatic rings. The predicted molar refractivity (Wildman–Crippen MR) is 204 cm³/mol. The van der Waals surface area contributed by atoms with E-state index in [0.717, 1.165) is 39.0 Å². The van der Waals surface area contributed by atoms with Crippen molar-refractivity contribution in [2.75, 3.05) is 4.90 Å². The van der Waals surface area contributed by atoms with Gasteiger partial charge in [0.1, 0.15) is 11.2 Å². The van der Waals surface area contributed by atoms with Crippen molar-refractivity contribution in [1.29, 1.82) is 0 Å². The molecule has 0 atom stereocenters. The van der Waals surface area contributed by atoms with E-state index in [2.05, 4.69) is 175 Å². The van der Waals surface area contributed by atoms with Crippen LogP contribution in [0.1, 0.15) is 0 Å². The lowest BCUT2D eigenvalue weighted by molar-refractivity contribution is 0.669. The maximum absolute atomic E-state index is 6.39. The lowest BCUT2D eigenvalue weighted by atomic mass is 9.96. The summed E-state index contributed by atoms with van der Waals surface area (Å²) in [5, 5.41) is 12.2. The van der Waals surface area contributed by atoms with Gasteiger partial charge in [0.15, 0.2) is 0 Å². The van der Waals surface area contributed by atoms with Crippen LogP contribution < -0.4 is 4.90 Å². The minimum absolute atomic E-state index is 0.879. The smallest absolute Gasteiger partial charge is 0.137 e. The molecule has 2 heteroatoms. The molecule has 1 aromatic heterocycles. The number of benzene rings is 9. The molecule has 0 amide bonds. The fraction of sp³-hybridized carbons (Fsp3) is 0. The molecule has 0 radical (unpaired) electrons. The van der Waals surface area contributed by atoms with Crippen molar-refractivity contribution in [1.82, 2.24) is 0 Å². The number of hydrogen-bond donors (Lipinski definition) is 0. The minimum atomic E-state index is 0.879. The van der Waals surface area contributed by atoms with Crippen molar-refractivity contribution in [2.24, 2.45) is 0 Å². The first-order valence-corrected chi connectivity index (χ1v) is 16.4. The van der Waals surface area contributed by atoms with Gasteiger partial charge in [-0.15, -0.1) is 0 Å². The van der Waals surface area contributed by atoms with Crippen molar-refractivity contribution in [3.63, 3.8) is 0 Å². The van der Waals surface area contributed by atoms with Crippen LogP contribution in [0.4, 0.5) is 17.1 Å². The zero-order valence-electron chi connectivity index (χ0n) is 26.1. The quantitative estimate of drug-likeness (QED) is 0.184. The van der Waals surface area contributed by atoms with Crippen LogP contribution in [0.5, 0.6) is 0 Å². The van der Waals surface area contributed by atoms with Gasteiger partial charge in [-0.05, 0) is 91.3 Å². The van der Waals surface area contributed by atoms with Gasteiger partial charge in [0.2, 0.25) is 0 Å². The topological polar surface area (TPSA) is 16.4 Å². The standard InChI is InChI=1S/C46H29NO/c1-3-12-36-31(10-1)20-21-32-22-23-33(28-41(32)36)30-24-26-35(27-25-30)47(42-17-9-19-45-46(42)40-16-7-8-18-44(40)48-45)43-29-34-11-2-4-13-37(34)38-14-5-6-15-39(38)43/h1-29H. The summed E-state index contributed by atoms with van der Waals surface area (Å²) in [5.41, 5.74) is 7.46. The fourth-order valence-corrected chi connectivity index (χ4v) is 7.55. The van der Waals surface area contributed by atoms with E-state index in [-0.39, 0.29) is 0 Å². The summed E-state index contributed by atoms with van der Waals surface area (Å²) >= 11 is 0. The summed E-state index contributed by atoms with van der Waals surface area (Å²) in [5.74, 6) is 0. The van der Waals surface area contributed by atoms with Crippen LogP contribution in [0, 0.1) is 0 Å². The van der Waals surface area contributed by atoms with E-state index in [4.69, 9.17) is 4.42 Å². The van der Waals surface area contributed by atoms with Crippen LogP contribution in [0.15, 0.2) is 180 Å². The van der Waals surface area contributed by atoms with Crippen molar-refractivity contribution in [2.45, 2.75) is 0 Å². The lowest BCUT2D eigenvalue weighted by Crippen LogP contribution is -2.11. The van der Waals surface area contributed by atoms with Gasteiger partial charge >= 0.3 is 0 Å². The molecule has 0 aliphatic rings. The molecule has 0 aliphatic heterocycles. The Morgan fingerprint density at radius 3 is 1.73 bits per heavy atom. The number of nitrogens with zero attached hydrogens (tertiary/aromatic N) is 1. The molecule has 0 bridgehead atoms. The van der Waals surface area contributed by atoms with Crippen LogP contribution >= 0.6 is 0 Å². The van der Waals surface area contributed by atoms with E-state index in [0.29, 0.717) is 0 Å². The Morgan fingerprint density at radius 2 is 0.917 bits per heavy atom. The summed E-state index contributed by atoms with van der Waals surface area (Å²) in [6.45, 7) is 0. The van der Waals surface area contributed by atoms with Gasteiger partial charge in [-0.3, -0.25) is 0 Å². The van der Waals surface area contributed by atoms with Gasteiger partial charge in [0, 0.05) is 16.5 Å². The Hall–Kier alpha value is -6.38. The van der Waals surface area contributed by atoms with Crippen molar-refractivity contribution >= 4 is 82.1 Å². The van der Waals surface area contributed by atoms with E-state index in [1.54, 1.807) is 0 Å². The molecule has 224 valence electrons. The zero-order chi connectivity index (χ0) is 31.6. The maximum Gasteiger partial charge on any atom is 0.137 e. The third-order valence-electron chi connectivity index (χ3n) is 9.81. The van der Waals surface area contributed by atoms with Crippen LogP contribution in [-0.2, 0) is 0 Å². The first-order valence-electron chi connectivity index (χ1n) is 16.4. The molecular weight excluding hydrogens is 583 g/mol. The largest absolute Gasteiger partial charge is 0.456 e. The van der Waals surface area contributed by atoms with Crippen molar-refractivity contribution < 1.29 is 4.42 Å². The Kier molecular flexibility index (Phi) is 5.91. The number of hydrogen-bond acceptors (Lipinski definition) is 2. The minimum Gasteiger partial charge on any atom is -0.456 e. The van der Waals surface area contributed by atoms with Gasteiger partial charge in [0.25, 0.3) is 0 Å². The van der Waals surface area contributed by atoms with E-state index in [9.17, 15) is 0 Å². The predicted octanol–water partition coefficient (Wildman–Crippen LogP) is 13.3. The second-order valence-electron chi connectivity index (χ2n) is 12.5. The van der Waals surface area contributed by atoms with Gasteiger partial charge in [0.05, 0.1) is 16.8 Å². The molecular formula is C46H29NO. The molecule has 0 aliphatic carbocycles. The molecule has 2 nitrogen and oxygen atoms in total. The molecule has 48 heavy (non-hydrogen) atoms. The number of fused-ring (bicyclic) bond motifs is 9. The number of furan rings is 1. The molecule has 0 spiro atoms. The molecule has 10 rings (SSSR count). The highest BCUT2D eigenvalue weighted by Gasteiger charge is 2.22. The normalized spacial score (nSPS) is 11.8. The summed E-state index contributed by atoms with van der Waals surface area (Å²) < 4.78 is 6.39. The van der Waals surface area contributed by atoms with Gasteiger partial charge in [-0.2, -0.15) is 0 Å². The third kappa shape index (κ3) is 4.13. The van der Waals surface area contributed by atoms with Crippen molar-refractivity contribution in [3.05, 3.63) is 176 Å². The second kappa shape index (κ2) is 10.6. The summed E-state index contributed by atoms with van der Waals surface area (Å²) in [4.78, 5) is 2.41. The molecule has 0 unspecified atom stereocenters. The maximum atomic E-state index is 6.39. The Morgan fingerprint density at radius 1 is 0.333 bits per heavy atom. The van der Waals surface area contributed by atoms with Crippen LogP contribution in [0.2, 0.25) is 0 Å². The molecule has 0 fully saturated rings. The number of rotatable bonds is 4. The highest BCUT2D eigenvalue weighted by Crippen LogP contribution is 2.46. The Labute approximate surface area is 277 Å². The SMILES string of the molecule is c1ccc2c(c1)ccc1ccc(-c3ccc(N(c4cc5ccccc5c5ccccc45)c4cccc5oc6ccccc6c45)cc3)cc12. The third-order valence-corrected chi connectivity index (χ3v) is 9.81. The Balaban J connectivity index is 1.21. The van der Waals surface area contributed by atoms with Crippen LogP contribution in [0.3, 0.4) is 0 Å². The molecule has 1 heterocycles. The lowest BCUT2D eigenvalue weighted by Gasteiger charge is -2.28. The van der Waals surface area contributed by atoms with Crippen LogP contribution in [0.25, 0.3) is 76.2 Å². The summed E-state index contributed by atoms with van der Waals surface area (Å²) in [6.07, 6.45) is 0. The Bertz CT molecular complexity index is 2840. The van der Waals surface area contributed by atoms with Crippen LogP contribution in [-0.4, -0.2) is 0 Å². The monoisotopic (exact) mass is 611 g/mol. The molecule has 9 aromatic carbocycles. The second-order valence-corrected chi connectivity index (χ2v) is 12.5. The van der Waals surface area contributed by atoms with E-state index in [1.807, 2.05) is 6.07 Å². The average molecular weight is 612 g/mol. The van der Waals surface area contributed by atoms with E-state index < -0.39 is 0 Å². The average Bonchev–Trinajstić information content (AvgIpc) is 3.54. The van der Waals surface area contributed by atoms with Gasteiger partial charge < -0.3 is 9.32 Å². The van der Waals surface area contributed by atoms with Gasteiger partial charge in [-0.25, -0.2) is 0 Å². The first kappa shape index (κ1) is 26.8. The highest BCUT2D eigenvalue weighted by atomic mass is 16.3. The number of para-hydroxylation sites is 1. The zero-order valence-corrected chi connectivity index (χ0v) is 26.1. The highest BCUT2D eigenvalue weighted by molar-refractivity contribution is 6.18. The molecule has 0 N–H and O–H groups in total.